The number of carbonyl (C=O) groups excluding carboxylic acids is 1. The molecular weight excluding hydrogens is 361 g/mol. The molecular formula is C19H21ClFNO4. The third-order valence-electron chi connectivity index (χ3n) is 5.29. The summed E-state index contributed by atoms with van der Waals surface area (Å²) in [5.74, 6) is -2.87. The summed E-state index contributed by atoms with van der Waals surface area (Å²) in [6.45, 7) is 0. The Bertz CT molecular complexity index is 775. The van der Waals surface area contributed by atoms with Crippen LogP contribution in [-0.2, 0) is 9.53 Å². The topological polar surface area (TPSA) is 67.8 Å². The smallest absolute Gasteiger partial charge is 0.338 e. The van der Waals surface area contributed by atoms with Crippen LogP contribution in [0.2, 0.25) is 5.02 Å². The number of anilines is 1. The molecule has 7 heteroatoms. The minimum Gasteiger partial charge on any atom is -0.489 e. The van der Waals surface area contributed by atoms with E-state index in [0.717, 1.165) is 44.6 Å². The Kier molecular flexibility index (Phi) is 4.57. The quantitative estimate of drug-likeness (QED) is 0.601. The van der Waals surface area contributed by atoms with Crippen LogP contribution in [0.1, 0.15) is 51.4 Å². The fourth-order valence-electron chi connectivity index (χ4n) is 3.95. The molecule has 0 amide bonds. The zero-order chi connectivity index (χ0) is 18.3. The highest BCUT2D eigenvalue weighted by Gasteiger charge is 2.47. The van der Waals surface area contributed by atoms with Gasteiger partial charge in [-0.2, -0.15) is 0 Å². The van der Waals surface area contributed by atoms with Gasteiger partial charge in [-0.25, -0.2) is 9.18 Å². The Morgan fingerprint density at radius 1 is 1.23 bits per heavy atom. The standard InChI is InChI=1S/C19H21ClFNO4/c20-14-9-15(21)16(10-17(14)25-11-5-1-2-6-11)22-19(24)13-8-4-3-7-12(13)18(23)26-19/h9-11,22,24H,1-8H2. The number of hydrogen-bond acceptors (Lipinski definition) is 5. The lowest BCUT2D eigenvalue weighted by molar-refractivity contribution is -0.172. The van der Waals surface area contributed by atoms with Crippen LogP contribution in [0.5, 0.6) is 5.75 Å². The Balaban J connectivity index is 1.61. The largest absolute Gasteiger partial charge is 0.489 e. The summed E-state index contributed by atoms with van der Waals surface area (Å²) in [6, 6.07) is 2.56. The first kappa shape index (κ1) is 17.6. The number of carbonyl (C=O) groups is 1. The maximum absolute atomic E-state index is 14.4. The molecule has 0 saturated heterocycles. The number of halogens is 2. The van der Waals surface area contributed by atoms with E-state index >= 15 is 0 Å². The molecule has 1 heterocycles. The molecule has 1 aromatic rings. The molecule has 140 valence electrons. The molecule has 4 rings (SSSR count). The monoisotopic (exact) mass is 381 g/mol. The minimum atomic E-state index is -2.02. The summed E-state index contributed by atoms with van der Waals surface area (Å²) in [7, 11) is 0. The van der Waals surface area contributed by atoms with Crippen molar-refractivity contribution in [3.63, 3.8) is 0 Å². The number of ether oxygens (including phenoxy) is 2. The molecule has 1 saturated carbocycles. The number of hydrogen-bond donors (Lipinski definition) is 2. The second kappa shape index (κ2) is 6.74. The van der Waals surface area contributed by atoms with Crippen LogP contribution in [0, 0.1) is 5.82 Å². The Morgan fingerprint density at radius 3 is 2.73 bits per heavy atom. The fraction of sp³-hybridized carbons (Fsp3) is 0.526. The van der Waals surface area contributed by atoms with Gasteiger partial charge in [-0.1, -0.05) is 11.6 Å². The van der Waals surface area contributed by atoms with E-state index in [2.05, 4.69) is 5.32 Å². The zero-order valence-corrected chi connectivity index (χ0v) is 15.1. The van der Waals surface area contributed by atoms with E-state index < -0.39 is 17.7 Å². The normalized spacial score (nSPS) is 26.0. The molecule has 0 aromatic heterocycles. The first-order valence-electron chi connectivity index (χ1n) is 9.08. The molecule has 26 heavy (non-hydrogen) atoms. The van der Waals surface area contributed by atoms with Crippen LogP contribution < -0.4 is 10.1 Å². The van der Waals surface area contributed by atoms with Gasteiger partial charge in [0.2, 0.25) is 0 Å². The lowest BCUT2D eigenvalue weighted by atomic mass is 9.91. The van der Waals surface area contributed by atoms with Crippen molar-refractivity contribution in [3.05, 3.63) is 34.1 Å². The van der Waals surface area contributed by atoms with Gasteiger partial charge < -0.3 is 19.9 Å². The lowest BCUT2D eigenvalue weighted by Crippen LogP contribution is -2.41. The number of nitrogens with one attached hydrogen (secondary N) is 1. The minimum absolute atomic E-state index is 0.0166. The highest BCUT2D eigenvalue weighted by molar-refractivity contribution is 6.32. The van der Waals surface area contributed by atoms with Crippen molar-refractivity contribution in [2.75, 3.05) is 5.32 Å². The SMILES string of the molecule is O=C1OC(O)(Nc2cc(OC3CCCC3)c(Cl)cc2F)C2=C1CCCC2. The van der Waals surface area contributed by atoms with E-state index in [1.807, 2.05) is 0 Å². The van der Waals surface area contributed by atoms with Gasteiger partial charge in [0.15, 0.2) is 0 Å². The first-order valence-corrected chi connectivity index (χ1v) is 9.46. The van der Waals surface area contributed by atoms with Crippen molar-refractivity contribution >= 4 is 23.3 Å². The molecule has 0 radical (unpaired) electrons. The zero-order valence-electron chi connectivity index (χ0n) is 14.3. The summed E-state index contributed by atoms with van der Waals surface area (Å²) in [6.07, 6.45) is 6.95. The van der Waals surface area contributed by atoms with Crippen LogP contribution >= 0.6 is 11.6 Å². The van der Waals surface area contributed by atoms with E-state index in [-0.39, 0.29) is 16.8 Å². The van der Waals surface area contributed by atoms with Gasteiger partial charge in [-0.3, -0.25) is 0 Å². The third-order valence-corrected chi connectivity index (χ3v) is 5.58. The van der Waals surface area contributed by atoms with Gasteiger partial charge in [0, 0.05) is 17.2 Å². The molecule has 3 aliphatic rings. The molecule has 5 nitrogen and oxygen atoms in total. The van der Waals surface area contributed by atoms with E-state index in [1.54, 1.807) is 0 Å². The summed E-state index contributed by atoms with van der Waals surface area (Å²) in [4.78, 5) is 12.0. The molecule has 1 atom stereocenters. The molecule has 1 unspecified atom stereocenters. The van der Waals surface area contributed by atoms with Gasteiger partial charge in [0.1, 0.15) is 11.6 Å². The van der Waals surface area contributed by atoms with Crippen LogP contribution in [0.25, 0.3) is 0 Å². The second-order valence-electron chi connectivity index (χ2n) is 7.11. The van der Waals surface area contributed by atoms with Crippen molar-refractivity contribution < 1.29 is 23.8 Å². The maximum atomic E-state index is 14.4. The van der Waals surface area contributed by atoms with Gasteiger partial charge in [-0.05, 0) is 57.4 Å². The first-order chi connectivity index (χ1) is 12.5. The van der Waals surface area contributed by atoms with Crippen LogP contribution in [-0.4, -0.2) is 23.1 Å². The number of rotatable bonds is 4. The molecule has 1 fully saturated rings. The van der Waals surface area contributed by atoms with E-state index in [0.29, 0.717) is 29.7 Å². The summed E-state index contributed by atoms with van der Waals surface area (Å²) in [5.41, 5.74) is 0.960. The van der Waals surface area contributed by atoms with Gasteiger partial charge >= 0.3 is 11.9 Å². The highest BCUT2D eigenvalue weighted by Crippen LogP contribution is 2.42. The highest BCUT2D eigenvalue weighted by atomic mass is 35.5. The Labute approximate surface area is 156 Å². The third kappa shape index (κ3) is 3.16. The van der Waals surface area contributed by atoms with E-state index in [9.17, 15) is 14.3 Å². The van der Waals surface area contributed by atoms with Gasteiger partial charge in [0.25, 0.3) is 0 Å². The second-order valence-corrected chi connectivity index (χ2v) is 7.52. The van der Waals surface area contributed by atoms with Crippen molar-refractivity contribution in [1.29, 1.82) is 0 Å². The van der Waals surface area contributed by atoms with Crippen molar-refractivity contribution in [2.24, 2.45) is 0 Å². The Hall–Kier alpha value is -1.79. The van der Waals surface area contributed by atoms with Crippen molar-refractivity contribution in [1.82, 2.24) is 0 Å². The van der Waals surface area contributed by atoms with E-state index in [4.69, 9.17) is 21.1 Å². The molecule has 2 N–H and O–H groups in total. The number of esters is 1. The average Bonchev–Trinajstić information content (AvgIpc) is 3.20. The number of benzene rings is 1. The number of cyclic esters (lactones) is 1. The molecule has 0 spiro atoms. The maximum Gasteiger partial charge on any atom is 0.338 e. The molecule has 2 aliphatic carbocycles. The number of aliphatic hydroxyl groups is 1. The predicted molar refractivity (Wildman–Crippen MR) is 94.5 cm³/mol. The van der Waals surface area contributed by atoms with E-state index in [1.165, 1.54) is 6.07 Å². The molecule has 1 aromatic carbocycles. The Morgan fingerprint density at radius 2 is 1.96 bits per heavy atom. The fourth-order valence-corrected chi connectivity index (χ4v) is 4.14. The van der Waals surface area contributed by atoms with Crippen molar-refractivity contribution in [3.8, 4) is 5.75 Å². The summed E-state index contributed by atoms with van der Waals surface area (Å²) < 4.78 is 25.5. The molecule has 1 aliphatic heterocycles. The van der Waals surface area contributed by atoms with Gasteiger partial charge in [0.05, 0.1) is 16.8 Å². The summed E-state index contributed by atoms with van der Waals surface area (Å²) in [5, 5.41) is 13.6. The summed E-state index contributed by atoms with van der Waals surface area (Å²) >= 11 is 6.12. The van der Waals surface area contributed by atoms with Crippen LogP contribution in [0.4, 0.5) is 10.1 Å². The van der Waals surface area contributed by atoms with Gasteiger partial charge in [-0.15, -0.1) is 0 Å². The van der Waals surface area contributed by atoms with Crippen molar-refractivity contribution in [2.45, 2.75) is 63.4 Å². The molecule has 0 bridgehead atoms. The lowest BCUT2D eigenvalue weighted by Gasteiger charge is -2.28. The van der Waals surface area contributed by atoms with Crippen LogP contribution in [0.15, 0.2) is 23.3 Å². The van der Waals surface area contributed by atoms with Crippen LogP contribution in [0.3, 0.4) is 0 Å². The average molecular weight is 382 g/mol. The predicted octanol–water partition coefficient (Wildman–Crippen LogP) is 4.29.